The van der Waals surface area contributed by atoms with Crippen LogP contribution in [0.25, 0.3) is 0 Å². The third-order valence-corrected chi connectivity index (χ3v) is 4.25. The number of halogens is 1. The van der Waals surface area contributed by atoms with E-state index in [2.05, 4.69) is 4.72 Å². The minimum absolute atomic E-state index is 0.0883. The van der Waals surface area contributed by atoms with Gasteiger partial charge in [-0.1, -0.05) is 0 Å². The summed E-state index contributed by atoms with van der Waals surface area (Å²) in [6.45, 7) is 2.52. The molecule has 0 fully saturated rings. The van der Waals surface area contributed by atoms with Crippen LogP contribution >= 0.6 is 0 Å². The molecule has 0 bridgehead atoms. The van der Waals surface area contributed by atoms with Gasteiger partial charge in [-0.25, -0.2) is 17.5 Å². The van der Waals surface area contributed by atoms with E-state index in [0.29, 0.717) is 0 Å². The number of nitrogens with one attached hydrogen (secondary N) is 1. The first kappa shape index (κ1) is 16.7. The van der Waals surface area contributed by atoms with Crippen molar-refractivity contribution in [3.05, 3.63) is 17.9 Å². The summed E-state index contributed by atoms with van der Waals surface area (Å²) in [5.41, 5.74) is -1.11. The molecule has 0 aliphatic heterocycles. The molecule has 1 aromatic rings. The third-order valence-electron chi connectivity index (χ3n) is 2.53. The molecule has 0 amide bonds. The van der Waals surface area contributed by atoms with E-state index in [4.69, 9.17) is 14.6 Å². The van der Waals surface area contributed by atoms with Gasteiger partial charge >= 0.3 is 0 Å². The maximum absolute atomic E-state index is 13.9. The number of hydrogen-bond donors (Lipinski definition) is 2. The molecule has 6 nitrogen and oxygen atoms in total. The lowest BCUT2D eigenvalue weighted by molar-refractivity contribution is 0.208. The van der Waals surface area contributed by atoms with Gasteiger partial charge in [0.15, 0.2) is 11.5 Å². The van der Waals surface area contributed by atoms with Crippen LogP contribution in [0.5, 0.6) is 11.5 Å². The second kappa shape index (κ2) is 5.94. The zero-order chi connectivity index (χ0) is 15.6. The molecule has 0 spiro atoms. The van der Waals surface area contributed by atoms with E-state index in [0.717, 1.165) is 12.1 Å². The number of aliphatic hydroxyl groups is 1. The van der Waals surface area contributed by atoms with Crippen molar-refractivity contribution in [2.45, 2.75) is 24.3 Å². The highest BCUT2D eigenvalue weighted by atomic mass is 32.2. The molecule has 2 N–H and O–H groups in total. The highest BCUT2D eigenvalue weighted by molar-refractivity contribution is 7.89. The zero-order valence-electron chi connectivity index (χ0n) is 11.7. The molecule has 114 valence electrons. The number of ether oxygens (including phenoxy) is 2. The molecule has 1 aromatic carbocycles. The number of methoxy groups -OCH3 is 2. The Kier molecular flexibility index (Phi) is 4.95. The van der Waals surface area contributed by atoms with E-state index < -0.39 is 32.9 Å². The Hall–Kier alpha value is -1.38. The molecule has 0 radical (unpaired) electrons. The Labute approximate surface area is 117 Å². The van der Waals surface area contributed by atoms with Gasteiger partial charge in [-0.2, -0.15) is 0 Å². The molecule has 0 saturated heterocycles. The van der Waals surface area contributed by atoms with Crippen LogP contribution in [-0.2, 0) is 10.0 Å². The topological polar surface area (TPSA) is 84.9 Å². The van der Waals surface area contributed by atoms with Gasteiger partial charge in [-0.3, -0.25) is 0 Å². The van der Waals surface area contributed by atoms with Crippen molar-refractivity contribution in [3.63, 3.8) is 0 Å². The van der Waals surface area contributed by atoms with Crippen LogP contribution < -0.4 is 14.2 Å². The Balaban J connectivity index is 3.32. The van der Waals surface area contributed by atoms with Crippen molar-refractivity contribution in [1.82, 2.24) is 4.72 Å². The summed E-state index contributed by atoms with van der Waals surface area (Å²) in [7, 11) is -1.50. The minimum Gasteiger partial charge on any atom is -0.493 e. The van der Waals surface area contributed by atoms with Crippen LogP contribution in [0.3, 0.4) is 0 Å². The molecule has 0 heterocycles. The predicted molar refractivity (Wildman–Crippen MR) is 71.0 cm³/mol. The summed E-state index contributed by atoms with van der Waals surface area (Å²) >= 11 is 0. The summed E-state index contributed by atoms with van der Waals surface area (Å²) in [5, 5.41) is 9.09. The maximum Gasteiger partial charge on any atom is 0.244 e. The van der Waals surface area contributed by atoms with E-state index in [9.17, 15) is 12.8 Å². The Morgan fingerprint density at radius 2 is 1.75 bits per heavy atom. The number of benzene rings is 1. The molecule has 0 atom stereocenters. The quantitative estimate of drug-likeness (QED) is 0.815. The van der Waals surface area contributed by atoms with Gasteiger partial charge in [0.05, 0.1) is 26.4 Å². The lowest BCUT2D eigenvalue weighted by Crippen LogP contribution is -2.46. The van der Waals surface area contributed by atoms with E-state index in [1.165, 1.54) is 28.1 Å². The monoisotopic (exact) mass is 307 g/mol. The molecule has 8 heteroatoms. The van der Waals surface area contributed by atoms with Crippen molar-refractivity contribution in [1.29, 1.82) is 0 Å². The first-order valence-corrected chi connectivity index (χ1v) is 7.21. The molecule has 0 aromatic heterocycles. The number of sulfonamides is 1. The molecule has 0 unspecified atom stereocenters. The number of rotatable bonds is 6. The van der Waals surface area contributed by atoms with Crippen LogP contribution in [-0.4, -0.2) is 39.9 Å². The number of aliphatic hydroxyl groups excluding tert-OH is 1. The van der Waals surface area contributed by atoms with Crippen molar-refractivity contribution >= 4 is 10.0 Å². The molecule has 1 rings (SSSR count). The Morgan fingerprint density at radius 3 is 2.20 bits per heavy atom. The van der Waals surface area contributed by atoms with Gasteiger partial charge in [-0.15, -0.1) is 0 Å². The van der Waals surface area contributed by atoms with Crippen LogP contribution in [0, 0.1) is 5.82 Å². The highest BCUT2D eigenvalue weighted by Gasteiger charge is 2.29. The third kappa shape index (κ3) is 3.59. The standard InChI is InChI=1S/C12H18FNO5S/c1-12(2,7-15)14-20(16,17)11-6-10(19-4)9(18-3)5-8(11)13/h5-6,14-15H,7H2,1-4H3. The van der Waals surface area contributed by atoms with Gasteiger partial charge in [0.1, 0.15) is 10.7 Å². The predicted octanol–water partition coefficient (Wildman–Crippen LogP) is 0.892. The molecule has 0 aliphatic carbocycles. The average molecular weight is 307 g/mol. The van der Waals surface area contributed by atoms with Crippen molar-refractivity contribution in [3.8, 4) is 11.5 Å². The van der Waals surface area contributed by atoms with Crippen LogP contribution in [0.1, 0.15) is 13.8 Å². The first-order chi connectivity index (χ1) is 9.16. The average Bonchev–Trinajstić information content (AvgIpc) is 2.36. The van der Waals surface area contributed by atoms with Gasteiger partial charge in [0, 0.05) is 12.1 Å². The van der Waals surface area contributed by atoms with Crippen LogP contribution in [0.2, 0.25) is 0 Å². The van der Waals surface area contributed by atoms with E-state index in [-0.39, 0.29) is 11.5 Å². The molecular formula is C12H18FNO5S. The van der Waals surface area contributed by atoms with Crippen LogP contribution in [0.15, 0.2) is 17.0 Å². The Bertz CT molecular complexity index is 586. The minimum atomic E-state index is -4.14. The fourth-order valence-electron chi connectivity index (χ4n) is 1.49. The molecule has 0 saturated carbocycles. The van der Waals surface area contributed by atoms with Crippen molar-refractivity contribution < 1.29 is 27.4 Å². The summed E-state index contributed by atoms with van der Waals surface area (Å²) in [4.78, 5) is -0.573. The largest absolute Gasteiger partial charge is 0.493 e. The van der Waals surface area contributed by atoms with E-state index in [1.807, 2.05) is 0 Å². The normalized spacial score (nSPS) is 12.3. The van der Waals surface area contributed by atoms with Crippen LogP contribution in [0.4, 0.5) is 4.39 Å². The first-order valence-electron chi connectivity index (χ1n) is 5.73. The van der Waals surface area contributed by atoms with Gasteiger partial charge in [0.2, 0.25) is 10.0 Å². The van der Waals surface area contributed by atoms with Crippen molar-refractivity contribution in [2.75, 3.05) is 20.8 Å². The fraction of sp³-hybridized carbons (Fsp3) is 0.500. The molecule has 20 heavy (non-hydrogen) atoms. The lowest BCUT2D eigenvalue weighted by Gasteiger charge is -2.23. The number of hydrogen-bond acceptors (Lipinski definition) is 5. The summed E-state index contributed by atoms with van der Waals surface area (Å²) in [6.07, 6.45) is 0. The molecule has 0 aliphatic rings. The Morgan fingerprint density at radius 1 is 1.25 bits per heavy atom. The zero-order valence-corrected chi connectivity index (χ0v) is 12.5. The van der Waals surface area contributed by atoms with E-state index in [1.54, 1.807) is 0 Å². The van der Waals surface area contributed by atoms with E-state index >= 15 is 0 Å². The summed E-state index contributed by atoms with van der Waals surface area (Å²) in [5.74, 6) is -0.787. The fourth-order valence-corrected chi connectivity index (χ4v) is 2.97. The van der Waals surface area contributed by atoms with Gasteiger partial charge in [0.25, 0.3) is 0 Å². The SMILES string of the molecule is COc1cc(F)c(S(=O)(=O)NC(C)(C)CO)cc1OC. The van der Waals surface area contributed by atoms with Crippen molar-refractivity contribution in [2.24, 2.45) is 0 Å². The molecular weight excluding hydrogens is 289 g/mol. The summed E-state index contributed by atoms with van der Waals surface area (Å²) in [6, 6.07) is 1.96. The van der Waals surface area contributed by atoms with Gasteiger partial charge in [-0.05, 0) is 13.8 Å². The lowest BCUT2D eigenvalue weighted by atomic mass is 10.1. The maximum atomic E-state index is 13.9. The second-order valence-electron chi connectivity index (χ2n) is 4.79. The van der Waals surface area contributed by atoms with Gasteiger partial charge < -0.3 is 14.6 Å². The highest BCUT2D eigenvalue weighted by Crippen LogP contribution is 2.32. The summed E-state index contributed by atoms with van der Waals surface area (Å²) < 4.78 is 50.2. The smallest absolute Gasteiger partial charge is 0.244 e. The second-order valence-corrected chi connectivity index (χ2v) is 6.44.